The Labute approximate surface area is 104 Å². The topological polar surface area (TPSA) is 0 Å². The van der Waals surface area contributed by atoms with Crippen LogP contribution in [0.1, 0.15) is 73.6 Å². The zero-order chi connectivity index (χ0) is 12.8. The van der Waals surface area contributed by atoms with E-state index in [4.69, 9.17) is 0 Å². The summed E-state index contributed by atoms with van der Waals surface area (Å²) in [6.07, 6.45) is 13.3. The van der Waals surface area contributed by atoms with Crippen LogP contribution in [-0.2, 0) is 0 Å². The molecule has 0 heterocycles. The average molecular weight is 224 g/mol. The third kappa shape index (κ3) is 19.1. The molecule has 0 bridgehead atoms. The molecule has 0 amide bonds. The van der Waals surface area contributed by atoms with Gasteiger partial charge in [-0.05, 0) is 25.7 Å². The van der Waals surface area contributed by atoms with Crippen molar-refractivity contribution in [2.24, 2.45) is 5.92 Å². The van der Waals surface area contributed by atoms with E-state index < -0.39 is 0 Å². The van der Waals surface area contributed by atoms with Crippen LogP contribution in [0.5, 0.6) is 0 Å². The lowest BCUT2D eigenvalue weighted by Gasteiger charge is -1.96. The van der Waals surface area contributed by atoms with Gasteiger partial charge >= 0.3 is 0 Å². The molecule has 0 atom stereocenters. The first-order chi connectivity index (χ1) is 7.70. The van der Waals surface area contributed by atoms with Gasteiger partial charge in [0.2, 0.25) is 0 Å². The van der Waals surface area contributed by atoms with E-state index in [1.54, 1.807) is 0 Å². The van der Waals surface area contributed by atoms with Gasteiger partial charge in [0.25, 0.3) is 0 Å². The Bertz CT molecular complexity index is 170. The van der Waals surface area contributed by atoms with Crippen molar-refractivity contribution in [1.82, 2.24) is 0 Å². The largest absolute Gasteiger partial charge is 0.0840 e. The number of hydrogen-bond acceptors (Lipinski definition) is 0. The summed E-state index contributed by atoms with van der Waals surface area (Å²) < 4.78 is 0. The minimum atomic E-state index is 1.08. The van der Waals surface area contributed by atoms with Gasteiger partial charge in [-0.3, -0.25) is 0 Å². The van der Waals surface area contributed by atoms with E-state index in [1.165, 1.54) is 37.7 Å². The van der Waals surface area contributed by atoms with Crippen molar-refractivity contribution < 1.29 is 0 Å². The van der Waals surface area contributed by atoms with Crippen molar-refractivity contribution in [2.75, 3.05) is 0 Å². The maximum absolute atomic E-state index is 2.28. The zero-order valence-electron chi connectivity index (χ0n) is 12.3. The monoisotopic (exact) mass is 224 g/mol. The quantitative estimate of drug-likeness (QED) is 0.463. The number of allylic oxidation sites excluding steroid dienone is 4. The Hall–Kier alpha value is -0.520. The Morgan fingerprint density at radius 1 is 1.12 bits per heavy atom. The van der Waals surface area contributed by atoms with Crippen molar-refractivity contribution in [3.05, 3.63) is 23.8 Å². The van der Waals surface area contributed by atoms with Crippen molar-refractivity contribution in [3.8, 4) is 0 Å². The molecule has 0 aliphatic heterocycles. The molecule has 0 nitrogen and oxygen atoms in total. The SMILES string of the molecule is CC.CC1=CCCC=C1.CC1CC1.CCC. The molecule has 0 N–H and O–H groups in total. The second kappa shape index (κ2) is 14.5. The molecule has 0 unspecified atom stereocenters. The molecular weight excluding hydrogens is 192 g/mol. The molecule has 0 aromatic carbocycles. The average Bonchev–Trinajstić information content (AvgIpc) is 3.07. The molecule has 2 rings (SSSR count). The molecule has 2 aliphatic rings. The molecule has 0 aromatic rings. The summed E-state index contributed by atoms with van der Waals surface area (Å²) in [4.78, 5) is 0. The van der Waals surface area contributed by atoms with E-state index in [-0.39, 0.29) is 0 Å². The Balaban J connectivity index is 0. The molecule has 2 aliphatic carbocycles. The molecule has 1 fully saturated rings. The highest BCUT2D eigenvalue weighted by Gasteiger charge is 2.12. The van der Waals surface area contributed by atoms with Crippen LogP contribution in [0.15, 0.2) is 23.8 Å². The van der Waals surface area contributed by atoms with E-state index in [0.29, 0.717) is 0 Å². The summed E-state index contributed by atoms with van der Waals surface area (Å²) in [5, 5.41) is 0. The van der Waals surface area contributed by atoms with Gasteiger partial charge in [-0.2, -0.15) is 0 Å². The van der Waals surface area contributed by atoms with Crippen molar-refractivity contribution in [3.63, 3.8) is 0 Å². The summed E-state index contributed by atoms with van der Waals surface area (Å²) >= 11 is 0. The van der Waals surface area contributed by atoms with Gasteiger partial charge in [0, 0.05) is 0 Å². The third-order valence-corrected chi connectivity index (χ3v) is 2.05. The standard InChI is InChI=1S/C7H10.C4H8.C3H8.C2H6/c1-7-5-3-2-4-6-7;1-4-2-3-4;1-3-2;1-2/h3,5-6H,2,4H2,1H3;4H,2-3H2,1H3;3H2,1-2H3;1-2H3. The highest BCUT2D eigenvalue weighted by atomic mass is 14.2. The second-order valence-corrected chi connectivity index (χ2v) is 4.32. The first-order valence-electron chi connectivity index (χ1n) is 7.04. The minimum absolute atomic E-state index is 1.08. The van der Waals surface area contributed by atoms with Gasteiger partial charge in [0.1, 0.15) is 0 Å². The van der Waals surface area contributed by atoms with Gasteiger partial charge in [0.05, 0.1) is 0 Å². The van der Waals surface area contributed by atoms with Crippen LogP contribution >= 0.6 is 0 Å². The first-order valence-corrected chi connectivity index (χ1v) is 7.04. The summed E-state index contributed by atoms with van der Waals surface area (Å²) in [5.74, 6) is 1.08. The van der Waals surface area contributed by atoms with Gasteiger partial charge < -0.3 is 0 Å². The van der Waals surface area contributed by atoms with E-state index in [9.17, 15) is 0 Å². The predicted molar refractivity (Wildman–Crippen MR) is 77.8 cm³/mol. The lowest BCUT2D eigenvalue weighted by molar-refractivity contribution is 0.983. The molecule has 0 saturated heterocycles. The van der Waals surface area contributed by atoms with Crippen molar-refractivity contribution >= 4 is 0 Å². The van der Waals surface area contributed by atoms with Crippen LogP contribution < -0.4 is 0 Å². The molecular formula is C16H32. The highest BCUT2D eigenvalue weighted by molar-refractivity contribution is 5.18. The zero-order valence-corrected chi connectivity index (χ0v) is 12.3. The van der Waals surface area contributed by atoms with Gasteiger partial charge in [-0.1, -0.05) is 77.7 Å². The second-order valence-electron chi connectivity index (χ2n) is 4.32. The van der Waals surface area contributed by atoms with Crippen LogP contribution in [0.2, 0.25) is 0 Å². The van der Waals surface area contributed by atoms with E-state index in [0.717, 1.165) is 5.92 Å². The number of hydrogen-bond donors (Lipinski definition) is 0. The van der Waals surface area contributed by atoms with Crippen LogP contribution in [0.4, 0.5) is 0 Å². The van der Waals surface area contributed by atoms with Crippen LogP contribution in [-0.4, -0.2) is 0 Å². The fraction of sp³-hybridized carbons (Fsp3) is 0.750. The highest BCUT2D eigenvalue weighted by Crippen LogP contribution is 2.26. The van der Waals surface area contributed by atoms with Gasteiger partial charge in [-0.25, -0.2) is 0 Å². The summed E-state index contributed by atoms with van der Waals surface area (Å²) in [6.45, 7) is 12.7. The molecule has 0 spiro atoms. The molecule has 96 valence electrons. The maximum Gasteiger partial charge on any atom is -0.0310 e. The molecule has 0 aromatic heterocycles. The van der Waals surface area contributed by atoms with Gasteiger partial charge in [-0.15, -0.1) is 0 Å². The summed E-state index contributed by atoms with van der Waals surface area (Å²) in [7, 11) is 0. The van der Waals surface area contributed by atoms with Crippen LogP contribution in [0.25, 0.3) is 0 Å². The Morgan fingerprint density at radius 3 is 1.69 bits per heavy atom. The van der Waals surface area contributed by atoms with Crippen molar-refractivity contribution in [2.45, 2.75) is 73.6 Å². The van der Waals surface area contributed by atoms with E-state index in [2.05, 4.69) is 45.9 Å². The third-order valence-electron chi connectivity index (χ3n) is 2.05. The summed E-state index contributed by atoms with van der Waals surface area (Å²) in [6, 6.07) is 0. The lowest BCUT2D eigenvalue weighted by atomic mass is 10.1. The van der Waals surface area contributed by atoms with E-state index >= 15 is 0 Å². The molecule has 16 heavy (non-hydrogen) atoms. The fourth-order valence-electron chi connectivity index (χ4n) is 0.911. The summed E-state index contributed by atoms with van der Waals surface area (Å²) in [5.41, 5.74) is 1.41. The maximum atomic E-state index is 2.28. The Morgan fingerprint density at radius 2 is 1.56 bits per heavy atom. The van der Waals surface area contributed by atoms with Gasteiger partial charge in [0.15, 0.2) is 0 Å². The van der Waals surface area contributed by atoms with Crippen LogP contribution in [0, 0.1) is 5.92 Å². The van der Waals surface area contributed by atoms with Crippen LogP contribution in [0.3, 0.4) is 0 Å². The molecule has 1 saturated carbocycles. The predicted octanol–water partition coefficient (Wildman–Crippen LogP) is 6.14. The first kappa shape index (κ1) is 17.9. The number of rotatable bonds is 0. The molecule has 0 radical (unpaired) electrons. The molecule has 0 heteroatoms. The fourth-order valence-corrected chi connectivity index (χ4v) is 0.911. The minimum Gasteiger partial charge on any atom is -0.0840 e. The van der Waals surface area contributed by atoms with E-state index in [1.807, 2.05) is 13.8 Å². The smallest absolute Gasteiger partial charge is 0.0310 e. The Kier molecular flexibility index (Phi) is 16.2. The van der Waals surface area contributed by atoms with Crippen molar-refractivity contribution in [1.29, 1.82) is 0 Å². The normalized spacial score (nSPS) is 16.5. The lowest BCUT2D eigenvalue weighted by Crippen LogP contribution is -1.76.